The number of hydrogen-bond donors (Lipinski definition) is 1. The third kappa shape index (κ3) is 4.40. The molecule has 5 nitrogen and oxygen atoms in total. The number of aromatic nitrogens is 1. The smallest absolute Gasteiger partial charge is 0.339 e. The minimum Gasteiger partial charge on any atom is -0.452 e. The number of hydrogen-bond acceptors (Lipinski definition) is 4. The van der Waals surface area contributed by atoms with Gasteiger partial charge in [-0.15, -0.1) is 0 Å². The molecule has 0 fully saturated rings. The first kappa shape index (κ1) is 20.5. The quantitative estimate of drug-likeness (QED) is 0.446. The van der Waals surface area contributed by atoms with Gasteiger partial charge in [0, 0.05) is 17.0 Å². The number of amides is 1. The van der Waals surface area contributed by atoms with Gasteiger partial charge in [-0.1, -0.05) is 67.6 Å². The maximum Gasteiger partial charge on any atom is 0.339 e. The van der Waals surface area contributed by atoms with E-state index >= 15 is 0 Å². The molecule has 0 bridgehead atoms. The van der Waals surface area contributed by atoms with E-state index in [1.165, 1.54) is 0 Å². The van der Waals surface area contributed by atoms with E-state index in [2.05, 4.69) is 5.32 Å². The van der Waals surface area contributed by atoms with E-state index in [0.29, 0.717) is 22.2 Å². The van der Waals surface area contributed by atoms with Crippen molar-refractivity contribution in [2.45, 2.75) is 26.3 Å². The molecule has 4 aromatic rings. The lowest BCUT2D eigenvalue weighted by Gasteiger charge is -2.13. The maximum absolute atomic E-state index is 12.9. The third-order valence-electron chi connectivity index (χ3n) is 5.36. The number of fused-ring (bicyclic) bond motifs is 2. The Balaban J connectivity index is 1.72. The van der Waals surface area contributed by atoms with Crippen molar-refractivity contribution in [3.05, 3.63) is 78.4 Å². The normalized spacial score (nSPS) is 11.9. The fourth-order valence-electron chi connectivity index (χ4n) is 3.56. The summed E-state index contributed by atoms with van der Waals surface area (Å²) in [5.41, 5.74) is 2.72. The number of rotatable bonds is 6. The molecular formula is C26H24N2O3. The van der Waals surface area contributed by atoms with E-state index in [4.69, 9.17) is 9.72 Å². The third-order valence-corrected chi connectivity index (χ3v) is 5.36. The predicted molar refractivity (Wildman–Crippen MR) is 123 cm³/mol. The summed E-state index contributed by atoms with van der Waals surface area (Å²) >= 11 is 0. The molecule has 0 radical (unpaired) electrons. The molecule has 1 aromatic heterocycles. The molecule has 0 spiro atoms. The van der Waals surface area contributed by atoms with Crippen molar-refractivity contribution in [1.29, 1.82) is 0 Å². The van der Waals surface area contributed by atoms with Crippen molar-refractivity contribution in [3.63, 3.8) is 0 Å². The number of pyridine rings is 1. The number of benzene rings is 3. The highest BCUT2D eigenvalue weighted by Gasteiger charge is 2.17. The zero-order valence-electron chi connectivity index (χ0n) is 17.6. The number of carbonyl (C=O) groups excluding carboxylic acids is 2. The highest BCUT2D eigenvalue weighted by Crippen LogP contribution is 2.30. The fraction of sp³-hybridized carbons (Fsp3) is 0.192. The first-order valence-electron chi connectivity index (χ1n) is 10.4. The van der Waals surface area contributed by atoms with Crippen LogP contribution in [-0.4, -0.2) is 29.5 Å². The van der Waals surface area contributed by atoms with E-state index in [1.807, 2.05) is 80.6 Å². The summed E-state index contributed by atoms with van der Waals surface area (Å²) in [7, 11) is 0. The highest BCUT2D eigenvalue weighted by molar-refractivity contribution is 6.06. The Morgan fingerprint density at radius 3 is 2.48 bits per heavy atom. The van der Waals surface area contributed by atoms with Crippen LogP contribution < -0.4 is 5.32 Å². The van der Waals surface area contributed by atoms with Crippen molar-refractivity contribution < 1.29 is 14.3 Å². The Bertz CT molecular complexity index is 1260. The topological polar surface area (TPSA) is 68.3 Å². The Morgan fingerprint density at radius 1 is 0.968 bits per heavy atom. The van der Waals surface area contributed by atoms with E-state index < -0.39 is 5.97 Å². The monoisotopic (exact) mass is 412 g/mol. The highest BCUT2D eigenvalue weighted by atomic mass is 16.5. The summed E-state index contributed by atoms with van der Waals surface area (Å²) < 4.78 is 5.34. The van der Waals surface area contributed by atoms with E-state index in [0.717, 1.165) is 22.8 Å². The molecule has 3 aromatic carbocycles. The zero-order chi connectivity index (χ0) is 21.8. The van der Waals surface area contributed by atoms with Crippen LogP contribution in [0.1, 0.15) is 30.6 Å². The second-order valence-electron chi connectivity index (χ2n) is 7.55. The first-order chi connectivity index (χ1) is 15.1. The van der Waals surface area contributed by atoms with Gasteiger partial charge < -0.3 is 10.1 Å². The van der Waals surface area contributed by atoms with Gasteiger partial charge in [0.25, 0.3) is 5.91 Å². The summed E-state index contributed by atoms with van der Waals surface area (Å²) in [5.74, 6) is -0.852. The van der Waals surface area contributed by atoms with Crippen LogP contribution in [0.4, 0.5) is 0 Å². The maximum atomic E-state index is 12.9. The SMILES string of the molecule is CC[C@@H](C)NC(=O)COC(=O)c1cc(-c2cccc3ccccc23)nc2ccccc12. The first-order valence-corrected chi connectivity index (χ1v) is 10.4. The number of esters is 1. The number of nitrogens with zero attached hydrogens (tertiary/aromatic N) is 1. The van der Waals surface area contributed by atoms with Gasteiger partial charge in [0.1, 0.15) is 0 Å². The molecule has 0 unspecified atom stereocenters. The Kier molecular flexibility index (Phi) is 5.94. The van der Waals surface area contributed by atoms with Gasteiger partial charge in [-0.05, 0) is 36.2 Å². The molecule has 1 heterocycles. The largest absolute Gasteiger partial charge is 0.452 e. The number of nitrogens with one attached hydrogen (secondary N) is 1. The molecular weight excluding hydrogens is 388 g/mol. The molecule has 0 aliphatic heterocycles. The molecule has 0 aliphatic rings. The molecule has 156 valence electrons. The van der Waals surface area contributed by atoms with E-state index in [-0.39, 0.29) is 18.6 Å². The van der Waals surface area contributed by atoms with Gasteiger partial charge in [0.05, 0.1) is 16.8 Å². The second kappa shape index (κ2) is 8.96. The van der Waals surface area contributed by atoms with E-state index in [9.17, 15) is 9.59 Å². The van der Waals surface area contributed by atoms with Gasteiger partial charge in [0.15, 0.2) is 6.61 Å². The van der Waals surface area contributed by atoms with Crippen LogP contribution >= 0.6 is 0 Å². The van der Waals surface area contributed by atoms with Crippen molar-refractivity contribution in [2.75, 3.05) is 6.61 Å². The molecule has 0 saturated carbocycles. The van der Waals surface area contributed by atoms with Crippen LogP contribution in [0.2, 0.25) is 0 Å². The van der Waals surface area contributed by atoms with E-state index in [1.54, 1.807) is 6.07 Å². The molecule has 1 amide bonds. The molecule has 4 rings (SSSR count). The van der Waals surface area contributed by atoms with Gasteiger partial charge in [-0.3, -0.25) is 4.79 Å². The van der Waals surface area contributed by atoms with Crippen LogP contribution in [0.3, 0.4) is 0 Å². The van der Waals surface area contributed by atoms with Crippen LogP contribution in [-0.2, 0) is 9.53 Å². The summed E-state index contributed by atoms with van der Waals surface area (Å²) in [6.45, 7) is 3.57. The van der Waals surface area contributed by atoms with Crippen molar-refractivity contribution >= 4 is 33.6 Å². The zero-order valence-corrected chi connectivity index (χ0v) is 17.6. The minimum absolute atomic E-state index is 0.0333. The van der Waals surface area contributed by atoms with Crippen LogP contribution in [0, 0.1) is 0 Å². The number of para-hydroxylation sites is 1. The summed E-state index contributed by atoms with van der Waals surface area (Å²) in [6.07, 6.45) is 0.809. The molecule has 0 aliphatic carbocycles. The molecule has 0 saturated heterocycles. The van der Waals surface area contributed by atoms with Crippen LogP contribution in [0.25, 0.3) is 32.9 Å². The number of ether oxygens (including phenoxy) is 1. The standard InChI is InChI=1S/C26H24N2O3/c1-3-17(2)27-25(29)16-31-26(30)22-15-24(28-23-14-7-6-12-21(22)23)20-13-8-10-18-9-4-5-11-19(18)20/h4-15,17H,3,16H2,1-2H3,(H,27,29)/t17-/m1/s1. The lowest BCUT2D eigenvalue weighted by molar-refractivity contribution is -0.124. The van der Waals surface area contributed by atoms with Crippen molar-refractivity contribution in [3.8, 4) is 11.3 Å². The van der Waals surface area contributed by atoms with Gasteiger partial charge in [0.2, 0.25) is 0 Å². The molecule has 1 N–H and O–H groups in total. The molecule has 1 atom stereocenters. The van der Waals surface area contributed by atoms with Gasteiger partial charge in [-0.2, -0.15) is 0 Å². The fourth-order valence-corrected chi connectivity index (χ4v) is 3.56. The Hall–Kier alpha value is -3.73. The van der Waals surface area contributed by atoms with Crippen LogP contribution in [0.5, 0.6) is 0 Å². The summed E-state index contributed by atoms with van der Waals surface area (Å²) in [6, 6.07) is 23.3. The summed E-state index contributed by atoms with van der Waals surface area (Å²) in [4.78, 5) is 29.8. The Morgan fingerprint density at radius 2 is 1.68 bits per heavy atom. The lowest BCUT2D eigenvalue weighted by atomic mass is 9.99. The predicted octanol–water partition coefficient (Wildman–Crippen LogP) is 5.13. The van der Waals surface area contributed by atoms with Crippen molar-refractivity contribution in [1.82, 2.24) is 10.3 Å². The average Bonchev–Trinajstić information content (AvgIpc) is 2.81. The molecule has 5 heteroatoms. The Labute approximate surface area is 181 Å². The van der Waals surface area contributed by atoms with Gasteiger partial charge >= 0.3 is 5.97 Å². The van der Waals surface area contributed by atoms with Crippen LogP contribution in [0.15, 0.2) is 72.8 Å². The summed E-state index contributed by atoms with van der Waals surface area (Å²) in [5, 5.41) is 5.65. The lowest BCUT2D eigenvalue weighted by Crippen LogP contribution is -2.35. The number of carbonyl (C=O) groups is 2. The molecule has 31 heavy (non-hydrogen) atoms. The average molecular weight is 412 g/mol. The van der Waals surface area contributed by atoms with Gasteiger partial charge in [-0.25, -0.2) is 9.78 Å². The second-order valence-corrected chi connectivity index (χ2v) is 7.55. The van der Waals surface area contributed by atoms with Crippen molar-refractivity contribution in [2.24, 2.45) is 0 Å². The minimum atomic E-state index is -0.542.